The van der Waals surface area contributed by atoms with E-state index in [4.69, 9.17) is 0 Å². The smallest absolute Gasteiger partial charge is 0.228 e. The van der Waals surface area contributed by atoms with Gasteiger partial charge >= 0.3 is 0 Å². The number of carbonyl (C=O) groups is 1. The second kappa shape index (κ2) is 4.99. The molecule has 2 aromatic rings. The monoisotopic (exact) mass is 341 g/mol. The van der Waals surface area contributed by atoms with Crippen molar-refractivity contribution >= 4 is 27.5 Å². The van der Waals surface area contributed by atoms with Gasteiger partial charge in [-0.15, -0.1) is 0 Å². The van der Waals surface area contributed by atoms with Gasteiger partial charge in [0.05, 0.1) is 6.42 Å². The molecule has 0 bridgehead atoms. The number of amides is 1. The lowest BCUT2D eigenvalue weighted by Crippen LogP contribution is -2.03. The van der Waals surface area contributed by atoms with Crippen LogP contribution in [0.15, 0.2) is 48.5 Å². The Balaban J connectivity index is 1.53. The number of hydrogen-bond acceptors (Lipinski definition) is 1. The zero-order chi connectivity index (χ0) is 14.4. The van der Waals surface area contributed by atoms with Crippen molar-refractivity contribution in [3.63, 3.8) is 0 Å². The lowest BCUT2D eigenvalue weighted by atomic mass is 10.0. The number of alkyl halides is 1. The lowest BCUT2D eigenvalue weighted by Gasteiger charge is -2.11. The van der Waals surface area contributed by atoms with Gasteiger partial charge in [0.15, 0.2) is 0 Å². The average Bonchev–Trinajstić information content (AvgIpc) is 3.22. The molecule has 0 saturated heterocycles. The molecule has 1 aliphatic heterocycles. The topological polar surface area (TPSA) is 29.1 Å². The molecule has 1 saturated carbocycles. The van der Waals surface area contributed by atoms with Gasteiger partial charge in [0.1, 0.15) is 0 Å². The van der Waals surface area contributed by atoms with E-state index in [2.05, 4.69) is 63.7 Å². The predicted molar refractivity (Wildman–Crippen MR) is 87.7 cm³/mol. The summed E-state index contributed by atoms with van der Waals surface area (Å²) < 4.78 is 0. The van der Waals surface area contributed by atoms with Crippen LogP contribution in [-0.2, 0) is 11.2 Å². The summed E-state index contributed by atoms with van der Waals surface area (Å²) in [6.45, 7) is 0. The second-order valence-corrected chi connectivity index (χ2v) is 6.95. The van der Waals surface area contributed by atoms with Crippen LogP contribution in [-0.4, -0.2) is 5.91 Å². The molecule has 1 N–H and O–H groups in total. The van der Waals surface area contributed by atoms with Crippen LogP contribution >= 0.6 is 15.9 Å². The normalized spacial score (nSPS) is 24.3. The van der Waals surface area contributed by atoms with E-state index in [9.17, 15) is 4.79 Å². The minimum absolute atomic E-state index is 0.0989. The number of rotatable bonds is 3. The van der Waals surface area contributed by atoms with Crippen molar-refractivity contribution in [3.05, 3.63) is 65.2 Å². The number of benzene rings is 2. The van der Waals surface area contributed by atoms with Crippen LogP contribution in [0.3, 0.4) is 0 Å². The molecule has 21 heavy (non-hydrogen) atoms. The molecule has 1 aliphatic carbocycles. The van der Waals surface area contributed by atoms with Gasteiger partial charge in [-0.3, -0.25) is 4.79 Å². The first-order valence-electron chi connectivity index (χ1n) is 7.34. The van der Waals surface area contributed by atoms with Crippen LogP contribution in [0.2, 0.25) is 0 Å². The van der Waals surface area contributed by atoms with Crippen LogP contribution in [0.4, 0.5) is 5.69 Å². The third kappa shape index (κ3) is 2.40. The summed E-state index contributed by atoms with van der Waals surface area (Å²) in [5, 5.41) is 2.89. The Morgan fingerprint density at radius 1 is 1.14 bits per heavy atom. The van der Waals surface area contributed by atoms with Gasteiger partial charge in [-0.2, -0.15) is 0 Å². The molecule has 0 radical (unpaired) electrons. The maximum Gasteiger partial charge on any atom is 0.228 e. The van der Waals surface area contributed by atoms with Crippen molar-refractivity contribution in [2.75, 3.05) is 5.32 Å². The summed E-state index contributed by atoms with van der Waals surface area (Å²) in [5.74, 6) is 1.40. The standard InChI is InChI=1S/C18H16BrNO/c19-18(15-10-14(15)11-4-2-1-3-5-11)12-6-7-16-13(8-12)9-17(21)20-16/h1-8,14-15,18H,9-10H2,(H,20,21). The van der Waals surface area contributed by atoms with Crippen LogP contribution in [0.5, 0.6) is 0 Å². The van der Waals surface area contributed by atoms with Crippen molar-refractivity contribution in [3.8, 4) is 0 Å². The molecule has 3 heteroatoms. The SMILES string of the molecule is O=C1Cc2cc(C(Br)C3CC3c3ccccc3)ccc2N1. The Labute approximate surface area is 132 Å². The van der Waals surface area contributed by atoms with Crippen molar-refractivity contribution in [1.82, 2.24) is 0 Å². The van der Waals surface area contributed by atoms with E-state index >= 15 is 0 Å². The number of anilines is 1. The predicted octanol–water partition coefficient (Wildman–Crippen LogP) is 4.42. The molecule has 2 aliphatic rings. The zero-order valence-electron chi connectivity index (χ0n) is 11.6. The van der Waals surface area contributed by atoms with E-state index in [1.807, 2.05) is 6.07 Å². The van der Waals surface area contributed by atoms with Crippen LogP contribution < -0.4 is 5.32 Å². The second-order valence-electron chi connectivity index (χ2n) is 5.96. The Hall–Kier alpha value is -1.61. The average molecular weight is 342 g/mol. The summed E-state index contributed by atoms with van der Waals surface area (Å²) in [6.07, 6.45) is 1.74. The van der Waals surface area contributed by atoms with Crippen molar-refractivity contribution in [1.29, 1.82) is 0 Å². The Morgan fingerprint density at radius 3 is 2.76 bits per heavy atom. The molecule has 106 valence electrons. The molecule has 1 amide bonds. The molecule has 2 nitrogen and oxygen atoms in total. The largest absolute Gasteiger partial charge is 0.326 e. The fourth-order valence-electron chi connectivity index (χ4n) is 3.29. The van der Waals surface area contributed by atoms with Gasteiger partial charge in [-0.25, -0.2) is 0 Å². The highest BCUT2D eigenvalue weighted by atomic mass is 79.9. The third-order valence-electron chi connectivity index (χ3n) is 4.52. The van der Waals surface area contributed by atoms with E-state index in [-0.39, 0.29) is 5.91 Å². The van der Waals surface area contributed by atoms with Crippen LogP contribution in [0.25, 0.3) is 0 Å². The molecular formula is C18H16BrNO. The Bertz CT molecular complexity index is 698. The molecule has 3 unspecified atom stereocenters. The first-order valence-corrected chi connectivity index (χ1v) is 8.25. The number of hydrogen-bond donors (Lipinski definition) is 1. The molecule has 0 spiro atoms. The minimum atomic E-state index is 0.0989. The summed E-state index contributed by atoms with van der Waals surface area (Å²) in [4.78, 5) is 11.8. The molecule has 0 aromatic heterocycles. The van der Waals surface area contributed by atoms with Gasteiger partial charge in [0.25, 0.3) is 0 Å². The summed E-state index contributed by atoms with van der Waals surface area (Å²) in [7, 11) is 0. The van der Waals surface area contributed by atoms with Crippen LogP contribution in [0, 0.1) is 5.92 Å². The van der Waals surface area contributed by atoms with E-state index in [1.165, 1.54) is 17.5 Å². The summed E-state index contributed by atoms with van der Waals surface area (Å²) in [5.41, 5.74) is 4.82. The van der Waals surface area contributed by atoms with Gasteiger partial charge < -0.3 is 5.32 Å². The van der Waals surface area contributed by atoms with Gasteiger partial charge in [-0.1, -0.05) is 58.4 Å². The lowest BCUT2D eigenvalue weighted by molar-refractivity contribution is -0.115. The zero-order valence-corrected chi connectivity index (χ0v) is 13.1. The number of carbonyl (C=O) groups excluding carboxylic acids is 1. The maximum absolute atomic E-state index is 11.4. The summed E-state index contributed by atoms with van der Waals surface area (Å²) in [6, 6.07) is 17.1. The molecule has 4 rings (SSSR count). The highest BCUT2D eigenvalue weighted by molar-refractivity contribution is 9.09. The first-order chi connectivity index (χ1) is 10.2. The number of nitrogens with one attached hydrogen (secondary N) is 1. The number of fused-ring (bicyclic) bond motifs is 1. The number of halogens is 1. The van der Waals surface area contributed by atoms with Crippen LogP contribution in [0.1, 0.15) is 33.9 Å². The highest BCUT2D eigenvalue weighted by Crippen LogP contribution is 2.57. The first kappa shape index (κ1) is 13.1. The van der Waals surface area contributed by atoms with Crippen molar-refractivity contribution < 1.29 is 4.79 Å². The van der Waals surface area contributed by atoms with E-state index in [1.54, 1.807) is 0 Å². The molecule has 1 fully saturated rings. The molecular weight excluding hydrogens is 326 g/mol. The summed E-state index contributed by atoms with van der Waals surface area (Å²) >= 11 is 3.87. The molecule has 3 atom stereocenters. The molecule has 2 aromatic carbocycles. The fraction of sp³-hybridized carbons (Fsp3) is 0.278. The Kier molecular flexibility index (Phi) is 3.11. The quantitative estimate of drug-likeness (QED) is 0.822. The van der Waals surface area contributed by atoms with Crippen molar-refractivity contribution in [2.24, 2.45) is 5.92 Å². The van der Waals surface area contributed by atoms with Gasteiger partial charge in [0, 0.05) is 10.5 Å². The maximum atomic E-state index is 11.4. The van der Waals surface area contributed by atoms with E-state index < -0.39 is 0 Å². The van der Waals surface area contributed by atoms with Gasteiger partial charge in [0.2, 0.25) is 5.91 Å². The Morgan fingerprint density at radius 2 is 1.95 bits per heavy atom. The van der Waals surface area contributed by atoms with E-state index in [0.29, 0.717) is 23.1 Å². The minimum Gasteiger partial charge on any atom is -0.326 e. The van der Waals surface area contributed by atoms with Gasteiger partial charge in [-0.05, 0) is 41.0 Å². The fourth-order valence-corrected chi connectivity index (χ4v) is 4.16. The molecule has 1 heterocycles. The highest BCUT2D eigenvalue weighted by Gasteiger charge is 2.43. The van der Waals surface area contributed by atoms with Crippen molar-refractivity contribution in [2.45, 2.75) is 23.6 Å². The van der Waals surface area contributed by atoms with E-state index in [0.717, 1.165) is 11.3 Å². The third-order valence-corrected chi connectivity index (χ3v) is 5.72.